The maximum atomic E-state index is 13.7. The number of aromatic nitrogens is 1. The van der Waals surface area contributed by atoms with Crippen LogP contribution in [0.2, 0.25) is 0 Å². The highest BCUT2D eigenvalue weighted by atomic mass is 79.9. The molecule has 0 bridgehead atoms. The first-order chi connectivity index (χ1) is 8.65. The number of nitrogens with two attached hydrogens (primary N) is 1. The molecular formula is C13H14BrFN2S. The average molecular weight is 329 g/mol. The molecule has 0 saturated heterocycles. The third-order valence-corrected chi connectivity index (χ3v) is 4.35. The molecule has 2 rings (SSSR count). The Morgan fingerprint density at radius 3 is 2.94 bits per heavy atom. The van der Waals surface area contributed by atoms with E-state index in [2.05, 4.69) is 27.8 Å². The van der Waals surface area contributed by atoms with E-state index in [1.54, 1.807) is 23.5 Å². The summed E-state index contributed by atoms with van der Waals surface area (Å²) in [5, 5.41) is 2.87. The quantitative estimate of drug-likeness (QED) is 0.915. The standard InChI is InChI=1S/C13H14BrFN2S/c1-2-8(6-16)13-17-12(7-18-13)10-5-9(14)3-4-11(10)15/h3-5,7-8H,2,6,16H2,1H3. The van der Waals surface area contributed by atoms with Crippen LogP contribution >= 0.6 is 27.3 Å². The van der Waals surface area contributed by atoms with Gasteiger partial charge in [-0.25, -0.2) is 9.37 Å². The molecule has 1 aromatic heterocycles. The number of hydrogen-bond acceptors (Lipinski definition) is 3. The number of halogens is 2. The van der Waals surface area contributed by atoms with E-state index in [1.165, 1.54) is 6.07 Å². The van der Waals surface area contributed by atoms with Gasteiger partial charge in [-0.1, -0.05) is 22.9 Å². The van der Waals surface area contributed by atoms with Gasteiger partial charge in [0.1, 0.15) is 5.82 Å². The van der Waals surface area contributed by atoms with Gasteiger partial charge in [-0.15, -0.1) is 11.3 Å². The van der Waals surface area contributed by atoms with Gasteiger partial charge in [0.25, 0.3) is 0 Å². The highest BCUT2D eigenvalue weighted by Crippen LogP contribution is 2.30. The maximum Gasteiger partial charge on any atom is 0.132 e. The lowest BCUT2D eigenvalue weighted by Gasteiger charge is -2.07. The van der Waals surface area contributed by atoms with Crippen LogP contribution in [0.5, 0.6) is 0 Å². The van der Waals surface area contributed by atoms with Crippen LogP contribution in [0.1, 0.15) is 24.3 Å². The Labute approximate surface area is 118 Å². The molecule has 2 N–H and O–H groups in total. The summed E-state index contributed by atoms with van der Waals surface area (Å²) in [6.45, 7) is 2.66. The zero-order chi connectivity index (χ0) is 13.1. The normalized spacial score (nSPS) is 12.7. The monoisotopic (exact) mass is 328 g/mol. The first-order valence-corrected chi connectivity index (χ1v) is 7.43. The second kappa shape index (κ2) is 5.91. The molecular weight excluding hydrogens is 315 g/mol. The van der Waals surface area contributed by atoms with E-state index in [9.17, 15) is 4.39 Å². The van der Waals surface area contributed by atoms with Gasteiger partial charge in [0.15, 0.2) is 0 Å². The van der Waals surface area contributed by atoms with Crippen LogP contribution in [0.15, 0.2) is 28.1 Å². The third-order valence-electron chi connectivity index (χ3n) is 2.85. The molecule has 1 unspecified atom stereocenters. The summed E-state index contributed by atoms with van der Waals surface area (Å²) in [5.74, 6) is 0.00908. The Morgan fingerprint density at radius 1 is 1.50 bits per heavy atom. The molecule has 0 aliphatic heterocycles. The van der Waals surface area contributed by atoms with Crippen molar-refractivity contribution in [3.05, 3.63) is 38.9 Å². The van der Waals surface area contributed by atoms with Crippen molar-refractivity contribution < 1.29 is 4.39 Å². The second-order valence-corrected chi connectivity index (χ2v) is 5.84. The van der Waals surface area contributed by atoms with Crippen LogP contribution in [0, 0.1) is 5.82 Å². The van der Waals surface area contributed by atoms with E-state index in [1.807, 2.05) is 5.38 Å². The number of rotatable bonds is 4. The number of thiazole rings is 1. The lowest BCUT2D eigenvalue weighted by Crippen LogP contribution is -2.11. The molecule has 0 fully saturated rings. The Morgan fingerprint density at radius 2 is 2.28 bits per heavy atom. The lowest BCUT2D eigenvalue weighted by molar-refractivity contribution is 0.630. The van der Waals surface area contributed by atoms with Gasteiger partial charge in [-0.05, 0) is 24.6 Å². The van der Waals surface area contributed by atoms with Crippen LogP contribution in [-0.2, 0) is 0 Å². The van der Waals surface area contributed by atoms with Crippen LogP contribution in [0.25, 0.3) is 11.3 Å². The first-order valence-electron chi connectivity index (χ1n) is 5.76. The minimum absolute atomic E-state index is 0.254. The van der Waals surface area contributed by atoms with Crippen molar-refractivity contribution in [3.8, 4) is 11.3 Å². The Balaban J connectivity index is 2.37. The molecule has 0 saturated carbocycles. The molecule has 18 heavy (non-hydrogen) atoms. The number of benzene rings is 1. The fourth-order valence-electron chi connectivity index (χ4n) is 1.73. The molecule has 0 amide bonds. The molecule has 2 aromatic rings. The second-order valence-electron chi connectivity index (χ2n) is 4.04. The molecule has 2 nitrogen and oxygen atoms in total. The van der Waals surface area contributed by atoms with Crippen LogP contribution < -0.4 is 5.73 Å². The van der Waals surface area contributed by atoms with E-state index < -0.39 is 0 Å². The van der Waals surface area contributed by atoms with Gasteiger partial charge in [-0.2, -0.15) is 0 Å². The number of hydrogen-bond donors (Lipinski definition) is 1. The van der Waals surface area contributed by atoms with Gasteiger partial charge in [-0.3, -0.25) is 0 Å². The van der Waals surface area contributed by atoms with Crippen molar-refractivity contribution in [2.75, 3.05) is 6.54 Å². The SMILES string of the molecule is CCC(CN)c1nc(-c2cc(Br)ccc2F)cs1. The van der Waals surface area contributed by atoms with E-state index in [4.69, 9.17) is 5.73 Å². The van der Waals surface area contributed by atoms with E-state index in [0.717, 1.165) is 15.9 Å². The average Bonchev–Trinajstić information content (AvgIpc) is 2.83. The molecule has 0 aliphatic rings. The van der Waals surface area contributed by atoms with Crippen LogP contribution in [-0.4, -0.2) is 11.5 Å². The predicted octanol–water partition coefficient (Wildman–Crippen LogP) is 4.16. The summed E-state index contributed by atoms with van der Waals surface area (Å²) in [6, 6.07) is 4.87. The van der Waals surface area contributed by atoms with Crippen molar-refractivity contribution >= 4 is 27.3 Å². The van der Waals surface area contributed by atoms with Gasteiger partial charge < -0.3 is 5.73 Å². The van der Waals surface area contributed by atoms with Crippen molar-refractivity contribution in [3.63, 3.8) is 0 Å². The molecule has 5 heteroatoms. The highest BCUT2D eigenvalue weighted by Gasteiger charge is 2.14. The summed E-state index contributed by atoms with van der Waals surface area (Å²) in [4.78, 5) is 4.50. The predicted molar refractivity (Wildman–Crippen MR) is 77.3 cm³/mol. The molecule has 96 valence electrons. The highest BCUT2D eigenvalue weighted by molar-refractivity contribution is 9.10. The molecule has 0 aliphatic carbocycles. The summed E-state index contributed by atoms with van der Waals surface area (Å²) < 4.78 is 14.6. The molecule has 0 spiro atoms. The smallest absolute Gasteiger partial charge is 0.132 e. The van der Waals surface area contributed by atoms with Gasteiger partial charge in [0, 0.05) is 27.9 Å². The largest absolute Gasteiger partial charge is 0.330 e. The number of nitrogens with zero attached hydrogens (tertiary/aromatic N) is 1. The fourth-order valence-corrected chi connectivity index (χ4v) is 3.11. The fraction of sp³-hybridized carbons (Fsp3) is 0.308. The van der Waals surface area contributed by atoms with E-state index >= 15 is 0 Å². The summed E-state index contributed by atoms with van der Waals surface area (Å²) >= 11 is 4.89. The minimum Gasteiger partial charge on any atom is -0.330 e. The Kier molecular flexibility index (Phi) is 4.48. The van der Waals surface area contributed by atoms with Crippen LogP contribution in [0.4, 0.5) is 4.39 Å². The van der Waals surface area contributed by atoms with Gasteiger partial charge in [0.05, 0.1) is 10.7 Å². The van der Waals surface area contributed by atoms with Crippen molar-refractivity contribution in [1.82, 2.24) is 4.98 Å². The molecule has 1 atom stereocenters. The summed E-state index contributed by atoms with van der Waals surface area (Å²) in [7, 11) is 0. The van der Waals surface area contributed by atoms with Gasteiger partial charge in [0.2, 0.25) is 0 Å². The van der Waals surface area contributed by atoms with E-state index in [-0.39, 0.29) is 11.7 Å². The minimum atomic E-state index is -0.254. The third kappa shape index (κ3) is 2.79. The van der Waals surface area contributed by atoms with Crippen LogP contribution in [0.3, 0.4) is 0 Å². The maximum absolute atomic E-state index is 13.7. The van der Waals surface area contributed by atoms with Crippen molar-refractivity contribution in [1.29, 1.82) is 0 Å². The molecule has 0 radical (unpaired) electrons. The Bertz CT molecular complexity index is 538. The van der Waals surface area contributed by atoms with Crippen molar-refractivity contribution in [2.24, 2.45) is 5.73 Å². The summed E-state index contributed by atoms with van der Waals surface area (Å²) in [6.07, 6.45) is 0.949. The Hall–Kier alpha value is -0.780. The van der Waals surface area contributed by atoms with E-state index in [0.29, 0.717) is 17.8 Å². The van der Waals surface area contributed by atoms with Crippen molar-refractivity contribution in [2.45, 2.75) is 19.3 Å². The molecule has 1 heterocycles. The zero-order valence-electron chi connectivity index (χ0n) is 9.99. The lowest BCUT2D eigenvalue weighted by atomic mass is 10.1. The van der Waals surface area contributed by atoms with Gasteiger partial charge >= 0.3 is 0 Å². The summed E-state index contributed by atoms with van der Waals surface area (Å²) in [5.41, 5.74) is 6.91. The topological polar surface area (TPSA) is 38.9 Å². The molecule has 1 aromatic carbocycles. The first kappa shape index (κ1) is 13.6. The zero-order valence-corrected chi connectivity index (χ0v) is 12.4.